The van der Waals surface area contributed by atoms with Gasteiger partial charge in [0.05, 0.1) is 12.5 Å². The third-order valence-corrected chi connectivity index (χ3v) is 4.39. The van der Waals surface area contributed by atoms with Crippen molar-refractivity contribution in [3.63, 3.8) is 0 Å². The SMILES string of the molecule is COc1ccc(NC(=O)C2(c3ccc(F)cc3)CCC2)cc1. The van der Waals surface area contributed by atoms with E-state index in [9.17, 15) is 9.18 Å². The molecule has 4 heteroatoms. The van der Waals surface area contributed by atoms with Crippen LogP contribution in [0.1, 0.15) is 24.8 Å². The summed E-state index contributed by atoms with van der Waals surface area (Å²) in [5.41, 5.74) is 1.08. The summed E-state index contributed by atoms with van der Waals surface area (Å²) in [5.74, 6) is 0.430. The number of hydrogen-bond donors (Lipinski definition) is 1. The number of nitrogens with one attached hydrogen (secondary N) is 1. The van der Waals surface area contributed by atoms with Crippen LogP contribution in [0, 0.1) is 5.82 Å². The van der Waals surface area contributed by atoms with Crippen molar-refractivity contribution in [2.75, 3.05) is 12.4 Å². The normalized spacial score (nSPS) is 15.7. The zero-order valence-electron chi connectivity index (χ0n) is 12.4. The molecule has 0 heterocycles. The van der Waals surface area contributed by atoms with Gasteiger partial charge in [-0.25, -0.2) is 4.39 Å². The molecule has 0 aromatic heterocycles. The van der Waals surface area contributed by atoms with E-state index in [0.717, 1.165) is 36.3 Å². The van der Waals surface area contributed by atoms with E-state index in [-0.39, 0.29) is 11.7 Å². The topological polar surface area (TPSA) is 38.3 Å². The quantitative estimate of drug-likeness (QED) is 0.930. The van der Waals surface area contributed by atoms with Gasteiger partial charge in [0.25, 0.3) is 0 Å². The molecule has 114 valence electrons. The molecule has 1 aliphatic rings. The van der Waals surface area contributed by atoms with Crippen LogP contribution in [0.5, 0.6) is 5.75 Å². The van der Waals surface area contributed by atoms with E-state index in [4.69, 9.17) is 4.74 Å². The van der Waals surface area contributed by atoms with Crippen molar-refractivity contribution in [3.8, 4) is 5.75 Å². The maximum atomic E-state index is 13.1. The highest BCUT2D eigenvalue weighted by molar-refractivity contribution is 5.99. The summed E-state index contributed by atoms with van der Waals surface area (Å²) >= 11 is 0. The molecule has 1 saturated carbocycles. The summed E-state index contributed by atoms with van der Waals surface area (Å²) in [7, 11) is 1.60. The number of methoxy groups -OCH3 is 1. The molecule has 1 fully saturated rings. The Morgan fingerprint density at radius 3 is 2.23 bits per heavy atom. The van der Waals surface area contributed by atoms with Crippen LogP contribution in [-0.2, 0) is 10.2 Å². The second-order valence-electron chi connectivity index (χ2n) is 5.63. The number of carbonyl (C=O) groups excluding carboxylic acids is 1. The largest absolute Gasteiger partial charge is 0.497 e. The molecule has 3 rings (SSSR count). The lowest BCUT2D eigenvalue weighted by Gasteiger charge is -2.40. The second-order valence-corrected chi connectivity index (χ2v) is 5.63. The molecule has 0 atom stereocenters. The van der Waals surface area contributed by atoms with E-state index in [1.54, 1.807) is 31.4 Å². The van der Waals surface area contributed by atoms with Gasteiger partial charge in [0, 0.05) is 5.69 Å². The monoisotopic (exact) mass is 299 g/mol. The molecule has 1 amide bonds. The van der Waals surface area contributed by atoms with Crippen molar-refractivity contribution >= 4 is 11.6 Å². The summed E-state index contributed by atoms with van der Waals surface area (Å²) in [6.07, 6.45) is 2.59. The highest BCUT2D eigenvalue weighted by atomic mass is 19.1. The van der Waals surface area contributed by atoms with Crippen molar-refractivity contribution in [1.29, 1.82) is 0 Å². The second kappa shape index (κ2) is 5.79. The molecule has 1 aliphatic carbocycles. The first kappa shape index (κ1) is 14.6. The summed E-state index contributed by atoms with van der Waals surface area (Å²) in [6.45, 7) is 0. The van der Waals surface area contributed by atoms with E-state index in [0.29, 0.717) is 0 Å². The van der Waals surface area contributed by atoms with Crippen molar-refractivity contribution in [2.45, 2.75) is 24.7 Å². The lowest BCUT2D eigenvalue weighted by atomic mass is 9.64. The minimum atomic E-state index is -0.534. The molecule has 2 aromatic rings. The predicted octanol–water partition coefficient (Wildman–Crippen LogP) is 3.89. The molecule has 0 saturated heterocycles. The summed E-state index contributed by atoms with van der Waals surface area (Å²) in [4.78, 5) is 12.7. The van der Waals surface area contributed by atoms with Crippen LogP contribution in [0.15, 0.2) is 48.5 Å². The minimum Gasteiger partial charge on any atom is -0.497 e. The molecule has 0 radical (unpaired) electrons. The van der Waals surface area contributed by atoms with E-state index in [2.05, 4.69) is 5.32 Å². The van der Waals surface area contributed by atoms with Gasteiger partial charge < -0.3 is 10.1 Å². The summed E-state index contributed by atoms with van der Waals surface area (Å²) in [5, 5.41) is 2.96. The van der Waals surface area contributed by atoms with Crippen molar-refractivity contribution in [1.82, 2.24) is 0 Å². The molecule has 0 bridgehead atoms. The lowest BCUT2D eigenvalue weighted by molar-refractivity contribution is -0.124. The maximum absolute atomic E-state index is 13.1. The van der Waals surface area contributed by atoms with Crippen LogP contribution < -0.4 is 10.1 Å². The average Bonchev–Trinajstić information content (AvgIpc) is 2.49. The molecule has 0 aliphatic heterocycles. The third kappa shape index (κ3) is 2.56. The Kier molecular flexibility index (Phi) is 3.84. The zero-order chi connectivity index (χ0) is 15.6. The highest BCUT2D eigenvalue weighted by Crippen LogP contribution is 2.44. The third-order valence-electron chi connectivity index (χ3n) is 4.39. The Morgan fingerprint density at radius 2 is 1.73 bits per heavy atom. The van der Waals surface area contributed by atoms with Crippen molar-refractivity contribution < 1.29 is 13.9 Å². The van der Waals surface area contributed by atoms with Gasteiger partial charge in [-0.05, 0) is 54.8 Å². The molecule has 0 spiro atoms. The molecular formula is C18H18FNO2. The zero-order valence-corrected chi connectivity index (χ0v) is 12.4. The number of halogens is 1. The Morgan fingerprint density at radius 1 is 1.09 bits per heavy atom. The Balaban J connectivity index is 1.80. The van der Waals surface area contributed by atoms with Crippen LogP contribution in [0.25, 0.3) is 0 Å². The maximum Gasteiger partial charge on any atom is 0.235 e. The van der Waals surface area contributed by atoms with Gasteiger partial charge >= 0.3 is 0 Å². The number of anilines is 1. The number of benzene rings is 2. The summed E-state index contributed by atoms with van der Waals surface area (Å²) < 4.78 is 18.2. The number of ether oxygens (including phenoxy) is 1. The van der Waals surface area contributed by atoms with Gasteiger partial charge in [0.1, 0.15) is 11.6 Å². The van der Waals surface area contributed by atoms with Crippen LogP contribution >= 0.6 is 0 Å². The molecular weight excluding hydrogens is 281 g/mol. The van der Waals surface area contributed by atoms with Gasteiger partial charge in [-0.1, -0.05) is 18.6 Å². The van der Waals surface area contributed by atoms with Gasteiger partial charge in [0.2, 0.25) is 5.91 Å². The van der Waals surface area contributed by atoms with Crippen molar-refractivity contribution in [3.05, 3.63) is 59.9 Å². The van der Waals surface area contributed by atoms with Crippen LogP contribution in [0.3, 0.4) is 0 Å². The molecule has 3 nitrogen and oxygen atoms in total. The fraction of sp³-hybridized carbons (Fsp3) is 0.278. The van der Waals surface area contributed by atoms with Crippen LogP contribution in [0.2, 0.25) is 0 Å². The first-order chi connectivity index (χ1) is 10.6. The smallest absolute Gasteiger partial charge is 0.235 e. The fourth-order valence-corrected chi connectivity index (χ4v) is 2.87. The first-order valence-corrected chi connectivity index (χ1v) is 7.36. The van der Waals surface area contributed by atoms with E-state index in [1.807, 2.05) is 12.1 Å². The van der Waals surface area contributed by atoms with Gasteiger partial charge in [-0.15, -0.1) is 0 Å². The molecule has 22 heavy (non-hydrogen) atoms. The van der Waals surface area contributed by atoms with E-state index in [1.165, 1.54) is 12.1 Å². The van der Waals surface area contributed by atoms with Crippen molar-refractivity contribution in [2.24, 2.45) is 0 Å². The summed E-state index contributed by atoms with van der Waals surface area (Å²) in [6, 6.07) is 13.5. The van der Waals surface area contributed by atoms with Gasteiger partial charge in [0.15, 0.2) is 0 Å². The lowest BCUT2D eigenvalue weighted by Crippen LogP contribution is -2.46. The number of amides is 1. The first-order valence-electron chi connectivity index (χ1n) is 7.36. The van der Waals surface area contributed by atoms with E-state index < -0.39 is 5.41 Å². The number of carbonyl (C=O) groups is 1. The minimum absolute atomic E-state index is 0.0319. The van der Waals surface area contributed by atoms with Crippen LogP contribution in [-0.4, -0.2) is 13.0 Å². The van der Waals surface area contributed by atoms with Gasteiger partial charge in [-0.2, -0.15) is 0 Å². The number of rotatable bonds is 4. The molecule has 2 aromatic carbocycles. The van der Waals surface area contributed by atoms with Crippen LogP contribution in [0.4, 0.5) is 10.1 Å². The Hall–Kier alpha value is -2.36. The highest BCUT2D eigenvalue weighted by Gasteiger charge is 2.45. The average molecular weight is 299 g/mol. The van der Waals surface area contributed by atoms with Gasteiger partial charge in [-0.3, -0.25) is 4.79 Å². The Labute approximate surface area is 129 Å². The molecule has 1 N–H and O–H groups in total. The fourth-order valence-electron chi connectivity index (χ4n) is 2.87. The van der Waals surface area contributed by atoms with E-state index >= 15 is 0 Å². The Bertz CT molecular complexity index is 660. The molecule has 0 unspecified atom stereocenters. The number of hydrogen-bond acceptors (Lipinski definition) is 2. The standard InChI is InChI=1S/C18H18FNO2/c1-22-16-9-7-15(8-10-16)20-17(21)18(11-2-12-18)13-3-5-14(19)6-4-13/h3-10H,2,11-12H2,1H3,(H,20,21). The predicted molar refractivity (Wildman–Crippen MR) is 83.6 cm³/mol.